The van der Waals surface area contributed by atoms with Gasteiger partial charge in [0, 0.05) is 23.0 Å². The summed E-state index contributed by atoms with van der Waals surface area (Å²) in [6.07, 6.45) is 0. The second-order valence-corrected chi connectivity index (χ2v) is 9.73. The van der Waals surface area contributed by atoms with Crippen LogP contribution in [0.25, 0.3) is 22.0 Å². The van der Waals surface area contributed by atoms with E-state index in [1.807, 2.05) is 12.1 Å². The molecule has 4 aromatic rings. The summed E-state index contributed by atoms with van der Waals surface area (Å²) in [7, 11) is -2.62. The Morgan fingerprint density at radius 3 is 2.22 bits per heavy atom. The highest BCUT2D eigenvalue weighted by Crippen LogP contribution is 2.35. The Morgan fingerprint density at radius 1 is 0.938 bits per heavy atom. The van der Waals surface area contributed by atoms with Crippen LogP contribution in [-0.4, -0.2) is 18.2 Å². The lowest BCUT2D eigenvalue weighted by Gasteiger charge is -2.15. The first kappa shape index (κ1) is 22.3. The third kappa shape index (κ3) is 3.99. The smallest absolute Gasteiger partial charge is 0.340 e. The zero-order valence-electron chi connectivity index (χ0n) is 17.4. The van der Waals surface area contributed by atoms with Crippen molar-refractivity contribution in [1.29, 1.82) is 0 Å². The molecule has 1 aromatic heterocycles. The quantitative estimate of drug-likeness (QED) is 0.364. The second-order valence-electron chi connectivity index (χ2n) is 7.37. The molecule has 0 saturated heterocycles. The zero-order chi connectivity index (χ0) is 23.2. The van der Waals surface area contributed by atoms with E-state index in [0.29, 0.717) is 27.6 Å². The van der Waals surface area contributed by atoms with Crippen LogP contribution in [0.4, 0.5) is 0 Å². The topological polar surface area (TPSA) is 78.3 Å². The molecule has 9 heteroatoms. The van der Waals surface area contributed by atoms with Crippen molar-refractivity contribution >= 4 is 44.1 Å². The van der Waals surface area contributed by atoms with Gasteiger partial charge in [0.2, 0.25) is 0 Å². The van der Waals surface area contributed by atoms with Gasteiger partial charge < -0.3 is 4.18 Å². The van der Waals surface area contributed by atoms with Crippen molar-refractivity contribution in [1.82, 2.24) is 9.78 Å². The lowest BCUT2D eigenvalue weighted by molar-refractivity contribution is 0.482. The lowest BCUT2D eigenvalue weighted by Crippen LogP contribution is -2.20. The van der Waals surface area contributed by atoms with E-state index < -0.39 is 10.1 Å². The van der Waals surface area contributed by atoms with Gasteiger partial charge in [0.15, 0.2) is 0 Å². The Balaban J connectivity index is 1.82. The predicted molar refractivity (Wildman–Crippen MR) is 126 cm³/mol. The van der Waals surface area contributed by atoms with Crippen molar-refractivity contribution in [2.24, 2.45) is 7.05 Å². The SMILES string of the molecule is Cc1cc(-c2nn(C)c(=O)c3ccccc23)cc(C)c1OS(=O)(=O)c1cc(Cl)ccc1Cl. The summed E-state index contributed by atoms with van der Waals surface area (Å²) in [5.41, 5.74) is 2.32. The van der Waals surface area contributed by atoms with Crippen LogP contribution in [0, 0.1) is 13.8 Å². The van der Waals surface area contributed by atoms with Gasteiger partial charge in [-0.2, -0.15) is 13.5 Å². The number of rotatable bonds is 4. The van der Waals surface area contributed by atoms with Crippen LogP contribution in [0.1, 0.15) is 11.1 Å². The highest BCUT2D eigenvalue weighted by Gasteiger charge is 2.23. The molecule has 0 fully saturated rings. The van der Waals surface area contributed by atoms with Crippen molar-refractivity contribution in [3.05, 3.63) is 86.1 Å². The minimum Gasteiger partial charge on any atom is -0.378 e. The summed E-state index contributed by atoms with van der Waals surface area (Å²) in [4.78, 5) is 12.2. The summed E-state index contributed by atoms with van der Waals surface area (Å²) in [5.74, 6) is 0.193. The van der Waals surface area contributed by atoms with Crippen molar-refractivity contribution < 1.29 is 12.6 Å². The van der Waals surface area contributed by atoms with E-state index >= 15 is 0 Å². The first-order valence-electron chi connectivity index (χ1n) is 9.55. The van der Waals surface area contributed by atoms with Crippen molar-refractivity contribution in [2.75, 3.05) is 0 Å². The lowest BCUT2D eigenvalue weighted by atomic mass is 10.00. The highest BCUT2D eigenvalue weighted by atomic mass is 35.5. The van der Waals surface area contributed by atoms with Crippen LogP contribution in [0.2, 0.25) is 10.0 Å². The van der Waals surface area contributed by atoms with Crippen LogP contribution in [-0.2, 0) is 17.2 Å². The number of fused-ring (bicyclic) bond motifs is 1. The molecule has 0 amide bonds. The first-order valence-corrected chi connectivity index (χ1v) is 11.7. The molecule has 0 unspecified atom stereocenters. The van der Waals surface area contributed by atoms with Gasteiger partial charge in [0.05, 0.1) is 16.1 Å². The standard InChI is InChI=1S/C23H18Cl2N2O4S/c1-13-10-15(21-17-6-4-5-7-18(17)23(28)27(3)26-21)11-14(2)22(13)31-32(29,30)20-12-16(24)8-9-19(20)25/h4-12H,1-3H3. The third-order valence-corrected chi connectivity index (χ3v) is 6.99. The van der Waals surface area contributed by atoms with Crippen LogP contribution in [0.3, 0.4) is 0 Å². The minimum atomic E-state index is -4.21. The Labute approximate surface area is 195 Å². The molecule has 3 aromatic carbocycles. The van der Waals surface area contributed by atoms with Gasteiger partial charge in [0.25, 0.3) is 5.56 Å². The van der Waals surface area contributed by atoms with Crippen molar-refractivity contribution in [2.45, 2.75) is 18.7 Å². The minimum absolute atomic E-state index is 0.0159. The van der Waals surface area contributed by atoms with E-state index in [1.165, 1.54) is 22.9 Å². The van der Waals surface area contributed by atoms with Crippen LogP contribution in [0.5, 0.6) is 5.75 Å². The number of aromatic nitrogens is 2. The molecular weight excluding hydrogens is 471 g/mol. The molecule has 1 heterocycles. The van der Waals surface area contributed by atoms with Crippen LogP contribution >= 0.6 is 23.2 Å². The Hall–Kier alpha value is -2.87. The Kier molecular flexibility index (Phi) is 5.75. The molecule has 0 saturated carbocycles. The number of hydrogen-bond acceptors (Lipinski definition) is 5. The van der Waals surface area contributed by atoms with E-state index in [-0.39, 0.29) is 26.2 Å². The van der Waals surface area contributed by atoms with Crippen LogP contribution in [0.15, 0.2) is 64.3 Å². The van der Waals surface area contributed by atoms with Gasteiger partial charge in [-0.05, 0) is 61.4 Å². The van der Waals surface area contributed by atoms with Gasteiger partial charge in [-0.1, -0.05) is 41.4 Å². The Bertz CT molecular complexity index is 1520. The fourth-order valence-electron chi connectivity index (χ4n) is 3.55. The zero-order valence-corrected chi connectivity index (χ0v) is 19.7. The van der Waals surface area contributed by atoms with E-state index in [1.54, 1.807) is 45.2 Å². The number of hydrogen-bond donors (Lipinski definition) is 0. The third-order valence-electron chi connectivity index (χ3n) is 5.05. The Morgan fingerprint density at radius 2 is 1.56 bits per heavy atom. The fourth-order valence-corrected chi connectivity index (χ4v) is 5.34. The molecule has 0 radical (unpaired) electrons. The molecule has 0 aliphatic rings. The highest BCUT2D eigenvalue weighted by molar-refractivity contribution is 7.87. The molecule has 0 N–H and O–H groups in total. The second kappa shape index (κ2) is 8.24. The molecule has 0 aliphatic heterocycles. The maximum Gasteiger partial charge on any atom is 0.340 e. The maximum absolute atomic E-state index is 12.9. The summed E-state index contributed by atoms with van der Waals surface area (Å²) in [6.45, 7) is 3.48. The number of halogens is 2. The van der Waals surface area contributed by atoms with Gasteiger partial charge in [-0.15, -0.1) is 0 Å². The van der Waals surface area contributed by atoms with Gasteiger partial charge in [-0.25, -0.2) is 4.68 Å². The van der Waals surface area contributed by atoms with E-state index in [9.17, 15) is 13.2 Å². The normalized spacial score (nSPS) is 11.7. The van der Waals surface area contributed by atoms with E-state index in [4.69, 9.17) is 27.4 Å². The van der Waals surface area contributed by atoms with Gasteiger partial charge >= 0.3 is 10.1 Å². The summed E-state index contributed by atoms with van der Waals surface area (Å²) >= 11 is 12.0. The fraction of sp³-hybridized carbons (Fsp3) is 0.130. The van der Waals surface area contributed by atoms with Gasteiger partial charge in [-0.3, -0.25) is 4.79 Å². The molecule has 32 heavy (non-hydrogen) atoms. The molecule has 0 aliphatic carbocycles. The average molecular weight is 489 g/mol. The van der Waals surface area contributed by atoms with E-state index in [0.717, 1.165) is 5.56 Å². The maximum atomic E-state index is 12.9. The predicted octanol–water partition coefficient (Wildman–Crippen LogP) is 5.29. The summed E-state index contributed by atoms with van der Waals surface area (Å²) < 4.78 is 32.5. The molecular formula is C23H18Cl2N2O4S. The largest absolute Gasteiger partial charge is 0.378 e. The van der Waals surface area contributed by atoms with Gasteiger partial charge in [0.1, 0.15) is 10.6 Å². The number of benzene rings is 3. The molecule has 164 valence electrons. The van der Waals surface area contributed by atoms with Crippen LogP contribution < -0.4 is 9.74 Å². The molecule has 0 spiro atoms. The molecule has 4 rings (SSSR count). The summed E-state index contributed by atoms with van der Waals surface area (Å²) in [6, 6.07) is 14.9. The molecule has 6 nitrogen and oxygen atoms in total. The average Bonchev–Trinajstić information content (AvgIpc) is 2.75. The summed E-state index contributed by atoms with van der Waals surface area (Å²) in [5, 5.41) is 5.94. The molecule has 0 bridgehead atoms. The number of nitrogens with zero attached hydrogens (tertiary/aromatic N) is 2. The first-order chi connectivity index (χ1) is 15.1. The van der Waals surface area contributed by atoms with Crippen molar-refractivity contribution in [3.8, 4) is 17.0 Å². The number of aryl methyl sites for hydroxylation is 3. The van der Waals surface area contributed by atoms with Crippen molar-refractivity contribution in [3.63, 3.8) is 0 Å². The molecule has 0 atom stereocenters. The van der Waals surface area contributed by atoms with E-state index in [2.05, 4.69) is 5.10 Å². The monoisotopic (exact) mass is 488 g/mol.